The summed E-state index contributed by atoms with van der Waals surface area (Å²) in [5.74, 6) is 0.574. The third-order valence-corrected chi connectivity index (χ3v) is 6.08. The number of amides is 2. The molecule has 2 aromatic carbocycles. The lowest BCUT2D eigenvalue weighted by Gasteiger charge is -2.51. The molecule has 0 bridgehead atoms. The van der Waals surface area contributed by atoms with Crippen LogP contribution in [-0.4, -0.2) is 41.3 Å². The molecule has 150 valence electrons. The summed E-state index contributed by atoms with van der Waals surface area (Å²) >= 11 is 0. The molecule has 2 aliphatic rings. The maximum absolute atomic E-state index is 12.4. The maximum atomic E-state index is 12.4. The summed E-state index contributed by atoms with van der Waals surface area (Å²) in [5.41, 5.74) is 4.70. The molecule has 2 amide bonds. The van der Waals surface area contributed by atoms with E-state index in [1.807, 2.05) is 19.1 Å². The standard InChI is InChI=1S/C24H27N3O2/c1-2-13-26-24(29)27-21(14-25)23(22(27)15-28)20-11-9-19(10-12-20)18-7-5-17(6-8-18)16-3-4-16/h5-12,16,21-23,28H,2-4,13,15H2,1H3,(H,26,29)/t21-,22-,23+/m1/s1. The first-order valence-electron chi connectivity index (χ1n) is 10.4. The molecule has 0 unspecified atom stereocenters. The van der Waals surface area contributed by atoms with Crippen LogP contribution in [0.4, 0.5) is 4.79 Å². The number of aliphatic hydroxyl groups is 1. The van der Waals surface area contributed by atoms with E-state index in [0.717, 1.165) is 23.5 Å². The second kappa shape index (κ2) is 8.26. The van der Waals surface area contributed by atoms with Gasteiger partial charge in [-0.3, -0.25) is 0 Å². The summed E-state index contributed by atoms with van der Waals surface area (Å²) in [6, 6.07) is 17.9. The Morgan fingerprint density at radius 1 is 1.10 bits per heavy atom. The van der Waals surface area contributed by atoms with Crippen molar-refractivity contribution in [3.8, 4) is 17.2 Å². The first kappa shape index (κ1) is 19.5. The number of hydrogen-bond donors (Lipinski definition) is 2. The second-order valence-electron chi connectivity index (χ2n) is 8.01. The monoisotopic (exact) mass is 389 g/mol. The zero-order valence-electron chi connectivity index (χ0n) is 16.7. The summed E-state index contributed by atoms with van der Waals surface area (Å²) in [7, 11) is 0. The smallest absolute Gasteiger partial charge is 0.318 e. The van der Waals surface area contributed by atoms with E-state index in [-0.39, 0.29) is 24.6 Å². The minimum absolute atomic E-state index is 0.160. The van der Waals surface area contributed by atoms with Crippen molar-refractivity contribution in [3.63, 3.8) is 0 Å². The van der Waals surface area contributed by atoms with Gasteiger partial charge in [0, 0.05) is 12.5 Å². The van der Waals surface area contributed by atoms with E-state index in [2.05, 4.69) is 47.8 Å². The number of carbonyl (C=O) groups is 1. The summed E-state index contributed by atoms with van der Waals surface area (Å²) in [5, 5.41) is 22.3. The van der Waals surface area contributed by atoms with Gasteiger partial charge < -0.3 is 15.3 Å². The number of carbonyl (C=O) groups excluding carboxylic acids is 1. The summed E-state index contributed by atoms with van der Waals surface area (Å²) < 4.78 is 0. The number of likely N-dealkylation sites (tertiary alicyclic amines) is 1. The van der Waals surface area contributed by atoms with E-state index in [1.165, 1.54) is 28.9 Å². The third kappa shape index (κ3) is 3.73. The third-order valence-electron chi connectivity index (χ3n) is 6.08. The van der Waals surface area contributed by atoms with Gasteiger partial charge in [-0.05, 0) is 47.4 Å². The Balaban J connectivity index is 1.50. The SMILES string of the molecule is CCCNC(=O)N1[C@H](C#N)[C@H](c2ccc(-c3ccc(C4CC4)cc3)cc2)[C@H]1CO. The normalized spacial score (nSPS) is 23.2. The van der Waals surface area contributed by atoms with Gasteiger partial charge >= 0.3 is 6.03 Å². The molecule has 2 fully saturated rings. The Kier molecular flexibility index (Phi) is 5.55. The van der Waals surface area contributed by atoms with Gasteiger partial charge in [0.15, 0.2) is 0 Å². The van der Waals surface area contributed by atoms with E-state index in [9.17, 15) is 15.2 Å². The minimum atomic E-state index is -0.562. The molecular formula is C24H27N3O2. The quantitative estimate of drug-likeness (QED) is 0.784. The van der Waals surface area contributed by atoms with Crippen molar-refractivity contribution in [2.24, 2.45) is 0 Å². The minimum Gasteiger partial charge on any atom is -0.394 e. The fourth-order valence-corrected chi connectivity index (χ4v) is 4.27. The summed E-state index contributed by atoms with van der Waals surface area (Å²) in [4.78, 5) is 13.8. The second-order valence-corrected chi connectivity index (χ2v) is 8.01. The molecule has 5 nitrogen and oxygen atoms in total. The number of urea groups is 1. The lowest BCUT2D eigenvalue weighted by molar-refractivity contribution is 0.0169. The van der Waals surface area contributed by atoms with Crippen LogP contribution in [-0.2, 0) is 0 Å². The summed E-state index contributed by atoms with van der Waals surface area (Å²) in [6.07, 6.45) is 3.43. The molecule has 1 saturated heterocycles. The van der Waals surface area contributed by atoms with Crippen LogP contribution in [0.5, 0.6) is 0 Å². The van der Waals surface area contributed by atoms with Crippen molar-refractivity contribution in [3.05, 3.63) is 59.7 Å². The van der Waals surface area contributed by atoms with Crippen LogP contribution < -0.4 is 5.32 Å². The highest BCUT2D eigenvalue weighted by Gasteiger charge is 2.51. The largest absolute Gasteiger partial charge is 0.394 e. The zero-order chi connectivity index (χ0) is 20.4. The van der Waals surface area contributed by atoms with E-state index in [4.69, 9.17) is 0 Å². The van der Waals surface area contributed by atoms with Crippen LogP contribution in [0.1, 0.15) is 49.1 Å². The van der Waals surface area contributed by atoms with Crippen LogP contribution >= 0.6 is 0 Å². The van der Waals surface area contributed by atoms with Crippen molar-refractivity contribution in [2.45, 2.75) is 50.1 Å². The maximum Gasteiger partial charge on any atom is 0.318 e. The van der Waals surface area contributed by atoms with Crippen LogP contribution in [0, 0.1) is 11.3 Å². The van der Waals surface area contributed by atoms with E-state index >= 15 is 0 Å². The molecule has 2 aromatic rings. The Bertz CT molecular complexity index is 897. The van der Waals surface area contributed by atoms with Gasteiger partial charge in [0.25, 0.3) is 0 Å². The van der Waals surface area contributed by atoms with Crippen molar-refractivity contribution < 1.29 is 9.90 Å². The number of rotatable bonds is 6. The number of nitrogens with zero attached hydrogens (tertiary/aromatic N) is 2. The zero-order valence-corrected chi connectivity index (χ0v) is 16.7. The molecule has 3 atom stereocenters. The molecule has 2 N–H and O–H groups in total. The van der Waals surface area contributed by atoms with E-state index < -0.39 is 6.04 Å². The van der Waals surface area contributed by atoms with Gasteiger partial charge in [-0.15, -0.1) is 0 Å². The van der Waals surface area contributed by atoms with Gasteiger partial charge in [0.05, 0.1) is 18.7 Å². The average Bonchev–Trinajstić information content (AvgIpc) is 3.58. The topological polar surface area (TPSA) is 76.4 Å². The van der Waals surface area contributed by atoms with Gasteiger partial charge in [0.1, 0.15) is 6.04 Å². The fraction of sp³-hybridized carbons (Fsp3) is 0.417. The molecule has 1 aliphatic carbocycles. The fourth-order valence-electron chi connectivity index (χ4n) is 4.27. The Hall–Kier alpha value is -2.84. The summed E-state index contributed by atoms with van der Waals surface area (Å²) in [6.45, 7) is 2.38. The van der Waals surface area contributed by atoms with Gasteiger partial charge in [-0.1, -0.05) is 55.5 Å². The van der Waals surface area contributed by atoms with Gasteiger partial charge in [-0.2, -0.15) is 5.26 Å². The van der Waals surface area contributed by atoms with Crippen molar-refractivity contribution >= 4 is 6.03 Å². The molecular weight excluding hydrogens is 362 g/mol. The van der Waals surface area contributed by atoms with Gasteiger partial charge in [-0.25, -0.2) is 4.79 Å². The van der Waals surface area contributed by atoms with Crippen LogP contribution in [0.3, 0.4) is 0 Å². The predicted molar refractivity (Wildman–Crippen MR) is 112 cm³/mol. The molecule has 0 aromatic heterocycles. The average molecular weight is 389 g/mol. The van der Waals surface area contributed by atoms with Crippen LogP contribution in [0.2, 0.25) is 0 Å². The lowest BCUT2D eigenvalue weighted by atomic mass is 9.76. The highest BCUT2D eigenvalue weighted by atomic mass is 16.3. The van der Waals surface area contributed by atoms with E-state index in [0.29, 0.717) is 6.54 Å². The van der Waals surface area contributed by atoms with Crippen molar-refractivity contribution in [1.29, 1.82) is 5.26 Å². The lowest BCUT2D eigenvalue weighted by Crippen LogP contribution is -2.67. The number of hydrogen-bond acceptors (Lipinski definition) is 3. The van der Waals surface area contributed by atoms with Crippen molar-refractivity contribution in [2.75, 3.05) is 13.2 Å². The molecule has 5 heteroatoms. The number of aliphatic hydroxyl groups excluding tert-OH is 1. The van der Waals surface area contributed by atoms with E-state index in [1.54, 1.807) is 0 Å². The van der Waals surface area contributed by atoms with Crippen LogP contribution in [0.25, 0.3) is 11.1 Å². The number of benzene rings is 2. The number of nitrogens with one attached hydrogen (secondary N) is 1. The Morgan fingerprint density at radius 2 is 1.69 bits per heavy atom. The molecule has 1 aliphatic heterocycles. The molecule has 1 heterocycles. The van der Waals surface area contributed by atoms with Crippen molar-refractivity contribution in [1.82, 2.24) is 10.2 Å². The number of nitriles is 1. The Labute approximate surface area is 172 Å². The first-order chi connectivity index (χ1) is 14.2. The van der Waals surface area contributed by atoms with Crippen LogP contribution in [0.15, 0.2) is 48.5 Å². The predicted octanol–water partition coefficient (Wildman–Crippen LogP) is 4.00. The molecule has 29 heavy (non-hydrogen) atoms. The molecule has 4 rings (SSSR count). The first-order valence-corrected chi connectivity index (χ1v) is 10.4. The van der Waals surface area contributed by atoms with Gasteiger partial charge in [0.2, 0.25) is 0 Å². The highest BCUT2D eigenvalue weighted by molar-refractivity contribution is 5.77. The molecule has 0 radical (unpaired) electrons. The molecule has 0 spiro atoms. The molecule has 1 saturated carbocycles. The highest BCUT2D eigenvalue weighted by Crippen LogP contribution is 2.42. The Morgan fingerprint density at radius 3 is 2.17 bits per heavy atom.